The summed E-state index contributed by atoms with van der Waals surface area (Å²) < 4.78 is 20.6. The Hall–Kier alpha value is -3.82. The Morgan fingerprint density at radius 3 is 2.13 bits per heavy atom. The molecular formula is C20H22N2O8. The fraction of sp³-hybridized carbons (Fsp3) is 0.300. The van der Waals surface area contributed by atoms with Gasteiger partial charge in [0, 0.05) is 5.56 Å². The number of esters is 1. The van der Waals surface area contributed by atoms with Crippen molar-refractivity contribution < 1.29 is 33.5 Å². The molecule has 2 aromatic carbocycles. The maximum Gasteiger partial charge on any atom is 0.339 e. The second-order valence-electron chi connectivity index (χ2n) is 6.18. The van der Waals surface area contributed by atoms with Gasteiger partial charge in [0.1, 0.15) is 22.9 Å². The van der Waals surface area contributed by atoms with Gasteiger partial charge < -0.3 is 24.3 Å². The van der Waals surface area contributed by atoms with Gasteiger partial charge in [0.15, 0.2) is 6.10 Å². The first-order valence-electron chi connectivity index (χ1n) is 8.78. The third-order valence-corrected chi connectivity index (χ3v) is 4.30. The zero-order valence-electron chi connectivity index (χ0n) is 17.2. The molecule has 10 nitrogen and oxygen atoms in total. The molecule has 160 valence electrons. The predicted molar refractivity (Wildman–Crippen MR) is 107 cm³/mol. The molecular weight excluding hydrogens is 396 g/mol. The highest BCUT2D eigenvalue weighted by molar-refractivity contribution is 5.99. The smallest absolute Gasteiger partial charge is 0.339 e. The van der Waals surface area contributed by atoms with E-state index in [1.165, 1.54) is 58.6 Å². The molecule has 2 rings (SSSR count). The van der Waals surface area contributed by atoms with Crippen molar-refractivity contribution in [2.75, 3.05) is 26.6 Å². The van der Waals surface area contributed by atoms with Crippen LogP contribution < -0.4 is 19.5 Å². The van der Waals surface area contributed by atoms with Crippen LogP contribution in [0.15, 0.2) is 30.3 Å². The van der Waals surface area contributed by atoms with Crippen LogP contribution in [0.4, 0.5) is 11.4 Å². The summed E-state index contributed by atoms with van der Waals surface area (Å²) in [5.41, 5.74) is 0.431. The van der Waals surface area contributed by atoms with Crippen molar-refractivity contribution >= 4 is 23.3 Å². The van der Waals surface area contributed by atoms with Crippen LogP contribution in [0.1, 0.15) is 22.8 Å². The molecule has 2 aromatic rings. The number of amides is 1. The number of methoxy groups -OCH3 is 3. The van der Waals surface area contributed by atoms with Crippen molar-refractivity contribution in [1.82, 2.24) is 0 Å². The maximum absolute atomic E-state index is 12.5. The number of anilines is 1. The molecule has 1 unspecified atom stereocenters. The van der Waals surface area contributed by atoms with Gasteiger partial charge in [-0.1, -0.05) is 0 Å². The summed E-state index contributed by atoms with van der Waals surface area (Å²) in [7, 11) is 4.28. The highest BCUT2D eigenvalue weighted by Crippen LogP contribution is 2.31. The third-order valence-electron chi connectivity index (χ3n) is 4.30. The van der Waals surface area contributed by atoms with E-state index in [0.717, 1.165) is 0 Å². The summed E-state index contributed by atoms with van der Waals surface area (Å²) in [5.74, 6) is -0.401. The first-order chi connectivity index (χ1) is 14.2. The molecule has 0 aliphatic carbocycles. The zero-order valence-corrected chi connectivity index (χ0v) is 17.2. The first kappa shape index (κ1) is 22.5. The molecule has 1 N–H and O–H groups in total. The van der Waals surface area contributed by atoms with Gasteiger partial charge in [0.2, 0.25) is 0 Å². The Bertz CT molecular complexity index is 948. The number of rotatable bonds is 8. The average Bonchev–Trinajstić information content (AvgIpc) is 2.73. The molecule has 0 aliphatic rings. The van der Waals surface area contributed by atoms with Gasteiger partial charge in [-0.25, -0.2) is 4.79 Å². The Morgan fingerprint density at radius 2 is 1.63 bits per heavy atom. The lowest BCUT2D eigenvalue weighted by Gasteiger charge is -2.16. The maximum atomic E-state index is 12.5. The van der Waals surface area contributed by atoms with Gasteiger partial charge in [-0.3, -0.25) is 14.9 Å². The fourth-order valence-corrected chi connectivity index (χ4v) is 2.62. The molecule has 1 amide bonds. The van der Waals surface area contributed by atoms with Gasteiger partial charge in [-0.15, -0.1) is 0 Å². The van der Waals surface area contributed by atoms with E-state index >= 15 is 0 Å². The minimum atomic E-state index is -1.22. The number of hydrogen-bond donors (Lipinski definition) is 1. The van der Waals surface area contributed by atoms with Gasteiger partial charge in [0.25, 0.3) is 11.6 Å². The number of hydrogen-bond acceptors (Lipinski definition) is 8. The monoisotopic (exact) mass is 418 g/mol. The molecule has 0 radical (unpaired) electrons. The Morgan fingerprint density at radius 1 is 1.03 bits per heavy atom. The summed E-state index contributed by atoms with van der Waals surface area (Å²) >= 11 is 0. The summed E-state index contributed by atoms with van der Waals surface area (Å²) in [6, 6.07) is 6.92. The molecule has 1 atom stereocenters. The van der Waals surface area contributed by atoms with Gasteiger partial charge in [-0.05, 0) is 38.1 Å². The third kappa shape index (κ3) is 4.96. The minimum absolute atomic E-state index is 0.0487. The lowest BCUT2D eigenvalue weighted by molar-refractivity contribution is -0.384. The number of nitro benzene ring substituents is 1. The van der Waals surface area contributed by atoms with Crippen LogP contribution in [0, 0.1) is 17.0 Å². The lowest BCUT2D eigenvalue weighted by atomic mass is 10.1. The zero-order chi connectivity index (χ0) is 22.4. The van der Waals surface area contributed by atoms with Crippen LogP contribution in [0.2, 0.25) is 0 Å². The van der Waals surface area contributed by atoms with E-state index < -0.39 is 22.9 Å². The lowest BCUT2D eigenvalue weighted by Crippen LogP contribution is -2.30. The largest absolute Gasteiger partial charge is 0.496 e. The number of nitrogens with one attached hydrogen (secondary N) is 1. The number of carbonyl (C=O) groups is 2. The van der Waals surface area contributed by atoms with Crippen LogP contribution in [0.5, 0.6) is 17.2 Å². The van der Waals surface area contributed by atoms with E-state index in [4.69, 9.17) is 18.9 Å². The molecule has 0 fully saturated rings. The van der Waals surface area contributed by atoms with Crippen molar-refractivity contribution in [3.05, 3.63) is 51.6 Å². The van der Waals surface area contributed by atoms with E-state index in [-0.39, 0.29) is 22.7 Å². The Labute approximate surface area is 172 Å². The van der Waals surface area contributed by atoms with Crippen LogP contribution in [0.25, 0.3) is 0 Å². The van der Waals surface area contributed by atoms with E-state index in [1.54, 1.807) is 6.92 Å². The van der Waals surface area contributed by atoms with Crippen molar-refractivity contribution in [2.45, 2.75) is 20.0 Å². The Balaban J connectivity index is 2.17. The van der Waals surface area contributed by atoms with E-state index in [2.05, 4.69) is 5.32 Å². The molecule has 10 heteroatoms. The summed E-state index contributed by atoms with van der Waals surface area (Å²) in [4.78, 5) is 35.5. The quantitative estimate of drug-likeness (QED) is 0.394. The summed E-state index contributed by atoms with van der Waals surface area (Å²) in [5, 5.41) is 13.6. The number of nitro groups is 1. The van der Waals surface area contributed by atoms with Gasteiger partial charge in [0.05, 0.1) is 37.9 Å². The molecule has 0 saturated carbocycles. The highest BCUT2D eigenvalue weighted by Gasteiger charge is 2.24. The molecule has 0 heterocycles. The molecule has 0 bridgehead atoms. The molecule has 0 spiro atoms. The Kier molecular flexibility index (Phi) is 7.18. The predicted octanol–water partition coefficient (Wildman–Crippen LogP) is 3.11. The normalized spacial score (nSPS) is 11.2. The second-order valence-corrected chi connectivity index (χ2v) is 6.18. The first-order valence-corrected chi connectivity index (χ1v) is 8.78. The van der Waals surface area contributed by atoms with Crippen LogP contribution in [-0.2, 0) is 9.53 Å². The molecule has 0 aliphatic heterocycles. The van der Waals surface area contributed by atoms with E-state index in [0.29, 0.717) is 17.1 Å². The second kappa shape index (κ2) is 9.59. The van der Waals surface area contributed by atoms with E-state index in [9.17, 15) is 19.7 Å². The van der Waals surface area contributed by atoms with Crippen molar-refractivity contribution in [2.24, 2.45) is 0 Å². The topological polar surface area (TPSA) is 126 Å². The number of carbonyl (C=O) groups excluding carboxylic acids is 2. The molecule has 30 heavy (non-hydrogen) atoms. The summed E-state index contributed by atoms with van der Waals surface area (Å²) in [6.07, 6.45) is -1.22. The van der Waals surface area contributed by atoms with Crippen molar-refractivity contribution in [3.63, 3.8) is 0 Å². The van der Waals surface area contributed by atoms with Crippen LogP contribution >= 0.6 is 0 Å². The number of nitrogens with zero attached hydrogens (tertiary/aromatic N) is 1. The van der Waals surface area contributed by atoms with Crippen molar-refractivity contribution in [3.8, 4) is 17.2 Å². The van der Waals surface area contributed by atoms with Crippen LogP contribution in [0.3, 0.4) is 0 Å². The van der Waals surface area contributed by atoms with Gasteiger partial charge in [-0.2, -0.15) is 0 Å². The average molecular weight is 418 g/mol. The minimum Gasteiger partial charge on any atom is -0.496 e. The highest BCUT2D eigenvalue weighted by atomic mass is 16.6. The van der Waals surface area contributed by atoms with Crippen molar-refractivity contribution in [1.29, 1.82) is 0 Å². The fourth-order valence-electron chi connectivity index (χ4n) is 2.62. The molecule has 0 aromatic heterocycles. The SMILES string of the molecule is COc1ccc(NC(=O)C(C)OC(=O)c2cc(OC)c(C)c(OC)c2)c([N+](=O)[O-])c1. The van der Waals surface area contributed by atoms with Crippen LogP contribution in [-0.4, -0.2) is 44.2 Å². The number of ether oxygens (including phenoxy) is 4. The van der Waals surface area contributed by atoms with E-state index in [1.807, 2.05) is 0 Å². The molecule has 0 saturated heterocycles. The number of benzene rings is 2. The van der Waals surface area contributed by atoms with Gasteiger partial charge >= 0.3 is 5.97 Å². The summed E-state index contributed by atoms with van der Waals surface area (Å²) in [6.45, 7) is 3.12. The standard InChI is InChI=1S/C20H22N2O8/c1-11-17(28-4)8-13(9-18(11)29-5)20(24)30-12(2)19(23)21-15-7-6-14(27-3)10-16(15)22(25)26/h6-10,12H,1-5H3,(H,21,23).